The predicted molar refractivity (Wildman–Crippen MR) is 59.8 cm³/mol. The first-order valence-electron chi connectivity index (χ1n) is 4.96. The van der Waals surface area contributed by atoms with Crippen molar-refractivity contribution in [2.24, 2.45) is 0 Å². The Hall–Kier alpha value is -0.805. The molecule has 1 aromatic rings. The molecule has 1 heterocycles. The molecule has 0 spiro atoms. The summed E-state index contributed by atoms with van der Waals surface area (Å²) in [6.45, 7) is 1.26. The van der Waals surface area contributed by atoms with E-state index in [0.29, 0.717) is 23.4 Å². The van der Waals surface area contributed by atoms with Gasteiger partial charge in [-0.1, -0.05) is 17.6 Å². The third-order valence-electron chi connectivity index (χ3n) is 2.58. The number of benzene rings is 1. The highest BCUT2D eigenvalue weighted by molar-refractivity contribution is 7.89. The Labute approximate surface area is 91.6 Å². The van der Waals surface area contributed by atoms with Crippen LogP contribution in [-0.2, 0) is 10.0 Å². The number of hydrogen-bond donors (Lipinski definition) is 0. The largest absolute Gasteiger partial charge is 0.243 e. The molecule has 2 rings (SSSR count). The van der Waals surface area contributed by atoms with Crippen LogP contribution in [0, 0.1) is 0 Å². The zero-order chi connectivity index (χ0) is 10.9. The molecule has 0 atom stereocenters. The lowest BCUT2D eigenvalue weighted by Gasteiger charge is -2.15. The molecule has 1 fully saturated rings. The smallest absolute Gasteiger partial charge is 0.207 e. The fraction of sp³-hybridized carbons (Fsp3) is 0.400. The van der Waals surface area contributed by atoms with Gasteiger partial charge < -0.3 is 0 Å². The summed E-state index contributed by atoms with van der Waals surface area (Å²) in [7, 11) is 2.24. The van der Waals surface area contributed by atoms with Gasteiger partial charge in [-0.3, -0.25) is 0 Å². The molecule has 3 nitrogen and oxygen atoms in total. The van der Waals surface area contributed by atoms with Crippen molar-refractivity contribution in [3.63, 3.8) is 0 Å². The van der Waals surface area contributed by atoms with Gasteiger partial charge >= 0.3 is 0 Å². The Kier molecular flexibility index (Phi) is 2.84. The lowest BCUT2D eigenvalue weighted by Crippen LogP contribution is -2.28. The van der Waals surface area contributed by atoms with Crippen LogP contribution in [0.2, 0.25) is 0 Å². The summed E-state index contributed by atoms with van der Waals surface area (Å²) in [4.78, 5) is 0.332. The molecular formula is C10H12BNO2S. The number of sulfonamides is 1. The van der Waals surface area contributed by atoms with E-state index in [1.165, 1.54) is 4.31 Å². The molecule has 0 aliphatic carbocycles. The molecule has 15 heavy (non-hydrogen) atoms. The maximum Gasteiger partial charge on any atom is 0.243 e. The van der Waals surface area contributed by atoms with Crippen molar-refractivity contribution in [2.45, 2.75) is 17.7 Å². The van der Waals surface area contributed by atoms with E-state index in [0.717, 1.165) is 12.8 Å². The van der Waals surface area contributed by atoms with Crippen molar-refractivity contribution in [3.8, 4) is 0 Å². The van der Waals surface area contributed by atoms with Gasteiger partial charge in [0.25, 0.3) is 0 Å². The monoisotopic (exact) mass is 221 g/mol. The molecule has 0 saturated carbocycles. The molecular weight excluding hydrogens is 209 g/mol. The van der Waals surface area contributed by atoms with Gasteiger partial charge in [0.05, 0.1) is 4.90 Å². The van der Waals surface area contributed by atoms with Crippen LogP contribution < -0.4 is 5.46 Å². The van der Waals surface area contributed by atoms with Crippen LogP contribution in [0.5, 0.6) is 0 Å². The van der Waals surface area contributed by atoms with Crippen LogP contribution >= 0.6 is 0 Å². The van der Waals surface area contributed by atoms with Crippen LogP contribution in [0.15, 0.2) is 29.2 Å². The maximum absolute atomic E-state index is 12.0. The quantitative estimate of drug-likeness (QED) is 0.672. The molecule has 1 aliphatic rings. The molecule has 2 radical (unpaired) electrons. The second-order valence-corrected chi connectivity index (χ2v) is 5.62. The third-order valence-corrected chi connectivity index (χ3v) is 4.50. The van der Waals surface area contributed by atoms with Crippen molar-refractivity contribution in [3.05, 3.63) is 24.3 Å². The van der Waals surface area contributed by atoms with Crippen LogP contribution in [0.3, 0.4) is 0 Å². The number of rotatable bonds is 2. The predicted octanol–water partition coefficient (Wildman–Crippen LogP) is 0.265. The van der Waals surface area contributed by atoms with Crippen molar-refractivity contribution < 1.29 is 8.42 Å². The molecule has 1 aliphatic heterocycles. The van der Waals surface area contributed by atoms with Gasteiger partial charge in [-0.25, -0.2) is 8.42 Å². The van der Waals surface area contributed by atoms with E-state index in [2.05, 4.69) is 0 Å². The number of nitrogens with zero attached hydrogens (tertiary/aromatic N) is 1. The lowest BCUT2D eigenvalue weighted by molar-refractivity contribution is 0.477. The zero-order valence-electron chi connectivity index (χ0n) is 8.39. The Balaban J connectivity index is 2.32. The molecule has 0 bridgehead atoms. The normalized spacial score (nSPS) is 18.1. The van der Waals surface area contributed by atoms with Gasteiger partial charge in [0.1, 0.15) is 7.85 Å². The van der Waals surface area contributed by atoms with Gasteiger partial charge in [-0.2, -0.15) is 4.31 Å². The van der Waals surface area contributed by atoms with Crippen LogP contribution in [0.25, 0.3) is 0 Å². The first-order valence-corrected chi connectivity index (χ1v) is 6.40. The summed E-state index contributed by atoms with van der Waals surface area (Å²) in [6.07, 6.45) is 1.91. The maximum atomic E-state index is 12.0. The van der Waals surface area contributed by atoms with Crippen molar-refractivity contribution in [2.75, 3.05) is 13.1 Å². The Bertz CT molecular complexity index is 435. The number of hydrogen-bond acceptors (Lipinski definition) is 2. The summed E-state index contributed by atoms with van der Waals surface area (Å²) in [5.74, 6) is 0. The Morgan fingerprint density at radius 1 is 1.07 bits per heavy atom. The average Bonchev–Trinajstić information content (AvgIpc) is 2.71. The molecule has 5 heteroatoms. The van der Waals surface area contributed by atoms with Crippen molar-refractivity contribution in [1.29, 1.82) is 0 Å². The van der Waals surface area contributed by atoms with Crippen molar-refractivity contribution in [1.82, 2.24) is 4.31 Å². The van der Waals surface area contributed by atoms with E-state index >= 15 is 0 Å². The fourth-order valence-corrected chi connectivity index (χ4v) is 3.23. The summed E-state index contributed by atoms with van der Waals surface area (Å²) in [6, 6.07) is 6.35. The first-order chi connectivity index (χ1) is 7.10. The molecule has 0 unspecified atom stereocenters. The van der Waals surface area contributed by atoms with E-state index in [9.17, 15) is 8.42 Å². The first kappa shape index (κ1) is 10.7. The highest BCUT2D eigenvalue weighted by Crippen LogP contribution is 2.19. The highest BCUT2D eigenvalue weighted by Gasteiger charge is 2.26. The van der Waals surface area contributed by atoms with Crippen molar-refractivity contribution >= 4 is 23.3 Å². The molecule has 1 saturated heterocycles. The Morgan fingerprint density at radius 3 is 2.13 bits per heavy atom. The van der Waals surface area contributed by atoms with Gasteiger partial charge in [0, 0.05) is 13.1 Å². The standard InChI is InChI=1S/C10H12BNO2S/c11-9-3-5-10(6-4-9)15(13,14)12-7-1-2-8-12/h3-6H,1-2,7-8H2. The minimum atomic E-state index is -3.28. The molecule has 0 aromatic heterocycles. The molecule has 78 valence electrons. The highest BCUT2D eigenvalue weighted by atomic mass is 32.2. The van der Waals surface area contributed by atoms with Gasteiger partial charge in [0.2, 0.25) is 10.0 Å². The van der Waals surface area contributed by atoms with E-state index in [1.54, 1.807) is 24.3 Å². The SMILES string of the molecule is [B]c1ccc(S(=O)(=O)N2CCCC2)cc1. The third kappa shape index (κ3) is 2.08. The molecule has 0 amide bonds. The van der Waals surface area contributed by atoms with Gasteiger partial charge in [0.15, 0.2) is 0 Å². The zero-order valence-corrected chi connectivity index (χ0v) is 9.20. The van der Waals surface area contributed by atoms with Gasteiger partial charge in [-0.05, 0) is 25.0 Å². The molecule has 1 aromatic carbocycles. The van der Waals surface area contributed by atoms with Crippen LogP contribution in [-0.4, -0.2) is 33.7 Å². The minimum absolute atomic E-state index is 0.332. The van der Waals surface area contributed by atoms with E-state index < -0.39 is 10.0 Å². The summed E-state index contributed by atoms with van der Waals surface area (Å²) in [5.41, 5.74) is 0.579. The van der Waals surface area contributed by atoms with E-state index in [1.807, 2.05) is 0 Å². The second kappa shape index (κ2) is 3.98. The van der Waals surface area contributed by atoms with Crippen LogP contribution in [0.4, 0.5) is 0 Å². The Morgan fingerprint density at radius 2 is 1.60 bits per heavy atom. The summed E-state index contributed by atoms with van der Waals surface area (Å²) >= 11 is 0. The fourth-order valence-electron chi connectivity index (χ4n) is 1.72. The van der Waals surface area contributed by atoms with E-state index in [4.69, 9.17) is 7.85 Å². The summed E-state index contributed by atoms with van der Waals surface area (Å²) < 4.78 is 25.6. The van der Waals surface area contributed by atoms with Gasteiger partial charge in [-0.15, -0.1) is 0 Å². The second-order valence-electron chi connectivity index (χ2n) is 3.68. The topological polar surface area (TPSA) is 37.4 Å². The molecule has 0 N–H and O–H groups in total. The lowest BCUT2D eigenvalue weighted by atomic mass is 9.97. The minimum Gasteiger partial charge on any atom is -0.207 e. The summed E-state index contributed by atoms with van der Waals surface area (Å²) in [5, 5.41) is 0. The van der Waals surface area contributed by atoms with E-state index in [-0.39, 0.29) is 0 Å². The average molecular weight is 221 g/mol. The van der Waals surface area contributed by atoms with Crippen LogP contribution in [0.1, 0.15) is 12.8 Å².